The van der Waals surface area contributed by atoms with Gasteiger partial charge >= 0.3 is 11.9 Å². The van der Waals surface area contributed by atoms with Gasteiger partial charge in [-0.15, -0.1) is 11.3 Å². The number of thiophene rings is 1. The van der Waals surface area contributed by atoms with E-state index in [1.165, 1.54) is 41.6 Å². The molecule has 7 heteroatoms. The lowest BCUT2D eigenvalue weighted by atomic mass is 10.1. The summed E-state index contributed by atoms with van der Waals surface area (Å²) in [5.41, 5.74) is 1.37. The van der Waals surface area contributed by atoms with E-state index in [9.17, 15) is 0 Å². The molecule has 0 saturated heterocycles. The molecule has 0 spiro atoms. The molecule has 0 amide bonds. The molecule has 0 fully saturated rings. The Bertz CT molecular complexity index is 682. The number of carbonyl (C=O) groups is 2. The maximum Gasteiger partial charge on any atom is 0.414 e. The first-order chi connectivity index (χ1) is 13.0. The minimum atomic E-state index is -1.82. The van der Waals surface area contributed by atoms with Gasteiger partial charge < -0.3 is 19.8 Å². The van der Waals surface area contributed by atoms with E-state index in [4.69, 9.17) is 24.5 Å². The van der Waals surface area contributed by atoms with Crippen LogP contribution in [0.25, 0.3) is 10.1 Å². The molecule has 1 aromatic heterocycles. The number of carboxylic acids is 2. The van der Waals surface area contributed by atoms with Gasteiger partial charge in [-0.1, -0.05) is 26.0 Å². The number of nitrogens with zero attached hydrogens (tertiary/aromatic N) is 1. The molecule has 27 heavy (non-hydrogen) atoms. The van der Waals surface area contributed by atoms with Gasteiger partial charge in [0.05, 0.1) is 13.2 Å². The molecule has 0 atom stereocenters. The summed E-state index contributed by atoms with van der Waals surface area (Å²) in [7, 11) is 0. The summed E-state index contributed by atoms with van der Waals surface area (Å²) in [4.78, 5) is 20.7. The van der Waals surface area contributed by atoms with Crippen molar-refractivity contribution >= 4 is 33.4 Å². The molecule has 1 aromatic carbocycles. The van der Waals surface area contributed by atoms with Gasteiger partial charge in [0, 0.05) is 11.2 Å². The minimum Gasteiger partial charge on any atom is -0.473 e. The number of hydrogen-bond donors (Lipinski definition) is 2. The Hall–Kier alpha value is -1.96. The Morgan fingerprint density at radius 1 is 1.00 bits per heavy atom. The predicted octanol–water partition coefficient (Wildman–Crippen LogP) is 3.74. The molecule has 0 unspecified atom stereocenters. The molecule has 0 aliphatic heterocycles. The van der Waals surface area contributed by atoms with Crippen LogP contribution in [0.4, 0.5) is 0 Å². The second-order valence-corrected chi connectivity index (χ2v) is 7.05. The highest BCUT2D eigenvalue weighted by Gasteiger charge is 2.04. The zero-order valence-corrected chi connectivity index (χ0v) is 16.8. The second-order valence-electron chi connectivity index (χ2n) is 6.11. The second kappa shape index (κ2) is 13.2. The highest BCUT2D eigenvalue weighted by atomic mass is 32.1. The summed E-state index contributed by atoms with van der Waals surface area (Å²) in [5, 5.41) is 18.3. The fraction of sp³-hybridized carbons (Fsp3) is 0.500. The van der Waals surface area contributed by atoms with Gasteiger partial charge in [-0.05, 0) is 60.8 Å². The standard InChI is InChI=1S/C18H27NOS.C2H2O4/c1-3-9-19(10-4-2)11-13-20-12-7-16-5-6-18-17(15-16)8-14-21-18;3-1(4)2(5)6/h5-6,8,14-15H,3-4,7,9-13H2,1-2H3;(H,3,4)(H,5,6). The molecule has 2 rings (SSSR count). The number of fused-ring (bicyclic) bond motifs is 1. The Morgan fingerprint density at radius 3 is 2.26 bits per heavy atom. The maximum absolute atomic E-state index is 9.10. The van der Waals surface area contributed by atoms with Crippen LogP contribution in [0, 0.1) is 0 Å². The normalized spacial score (nSPS) is 10.6. The molecule has 6 nitrogen and oxygen atoms in total. The summed E-state index contributed by atoms with van der Waals surface area (Å²) in [6, 6.07) is 8.93. The van der Waals surface area contributed by atoms with Gasteiger partial charge in [0.1, 0.15) is 0 Å². The first kappa shape index (κ1) is 23.1. The van der Waals surface area contributed by atoms with Gasteiger partial charge in [0.2, 0.25) is 0 Å². The zero-order chi connectivity index (χ0) is 20.1. The molecule has 0 radical (unpaired) electrons. The molecule has 0 aliphatic rings. The summed E-state index contributed by atoms with van der Waals surface area (Å²) < 4.78 is 7.19. The van der Waals surface area contributed by atoms with Crippen LogP contribution in [0.1, 0.15) is 32.3 Å². The lowest BCUT2D eigenvalue weighted by molar-refractivity contribution is -0.159. The van der Waals surface area contributed by atoms with E-state index >= 15 is 0 Å². The lowest BCUT2D eigenvalue weighted by Crippen LogP contribution is -2.29. The van der Waals surface area contributed by atoms with Crippen molar-refractivity contribution in [1.29, 1.82) is 0 Å². The summed E-state index contributed by atoms with van der Waals surface area (Å²) in [6.07, 6.45) is 3.45. The smallest absolute Gasteiger partial charge is 0.414 e. The molecule has 0 bridgehead atoms. The van der Waals surface area contributed by atoms with E-state index in [0.717, 1.165) is 26.2 Å². The van der Waals surface area contributed by atoms with Crippen LogP contribution in [0.2, 0.25) is 0 Å². The Balaban J connectivity index is 0.000000527. The average molecular weight is 396 g/mol. The van der Waals surface area contributed by atoms with Crippen molar-refractivity contribution in [3.05, 3.63) is 35.2 Å². The van der Waals surface area contributed by atoms with E-state index < -0.39 is 11.9 Å². The summed E-state index contributed by atoms with van der Waals surface area (Å²) >= 11 is 1.80. The van der Waals surface area contributed by atoms with Crippen molar-refractivity contribution in [2.45, 2.75) is 33.1 Å². The summed E-state index contributed by atoms with van der Waals surface area (Å²) in [5.74, 6) is -3.65. The number of hydrogen-bond acceptors (Lipinski definition) is 5. The lowest BCUT2D eigenvalue weighted by Gasteiger charge is -2.20. The van der Waals surface area contributed by atoms with Crippen molar-refractivity contribution in [2.24, 2.45) is 0 Å². The van der Waals surface area contributed by atoms with Crippen LogP contribution in [-0.2, 0) is 20.7 Å². The first-order valence-corrected chi connectivity index (χ1v) is 10.1. The third-order valence-electron chi connectivity index (χ3n) is 3.87. The topological polar surface area (TPSA) is 87.1 Å². The van der Waals surface area contributed by atoms with Crippen LogP contribution >= 0.6 is 11.3 Å². The number of carboxylic acid groups (broad SMARTS) is 2. The highest BCUT2D eigenvalue weighted by Crippen LogP contribution is 2.21. The molecule has 150 valence electrons. The van der Waals surface area contributed by atoms with Crippen LogP contribution in [0.15, 0.2) is 29.6 Å². The number of aliphatic carboxylic acids is 2. The number of rotatable bonds is 10. The van der Waals surface area contributed by atoms with Crippen LogP contribution < -0.4 is 0 Å². The Labute approximate surface area is 164 Å². The van der Waals surface area contributed by atoms with E-state index in [1.807, 2.05) is 0 Å². The van der Waals surface area contributed by atoms with Crippen LogP contribution in [0.3, 0.4) is 0 Å². The quantitative estimate of drug-likeness (QED) is 0.471. The Morgan fingerprint density at radius 2 is 1.67 bits per heavy atom. The zero-order valence-electron chi connectivity index (χ0n) is 16.0. The van der Waals surface area contributed by atoms with Gasteiger partial charge in [-0.2, -0.15) is 0 Å². The third-order valence-corrected chi connectivity index (χ3v) is 4.76. The average Bonchev–Trinajstić information content (AvgIpc) is 3.10. The van der Waals surface area contributed by atoms with E-state index in [1.54, 1.807) is 11.3 Å². The molecule has 0 saturated carbocycles. The van der Waals surface area contributed by atoms with E-state index in [0.29, 0.717) is 0 Å². The van der Waals surface area contributed by atoms with E-state index in [2.05, 4.69) is 48.4 Å². The maximum atomic E-state index is 9.10. The molecule has 2 N–H and O–H groups in total. The molecule has 1 heterocycles. The SMILES string of the molecule is CCCN(CCC)CCOCCc1ccc2sccc2c1.O=C(O)C(=O)O. The van der Waals surface area contributed by atoms with Crippen molar-refractivity contribution in [2.75, 3.05) is 32.8 Å². The summed E-state index contributed by atoms with van der Waals surface area (Å²) in [6.45, 7) is 9.58. The molecule has 0 aliphatic carbocycles. The largest absolute Gasteiger partial charge is 0.473 e. The molecular weight excluding hydrogens is 366 g/mol. The van der Waals surface area contributed by atoms with Crippen molar-refractivity contribution in [3.8, 4) is 0 Å². The Kier molecular flexibility index (Phi) is 11.3. The number of benzene rings is 1. The van der Waals surface area contributed by atoms with Crippen LogP contribution in [-0.4, -0.2) is 59.9 Å². The van der Waals surface area contributed by atoms with E-state index in [-0.39, 0.29) is 0 Å². The van der Waals surface area contributed by atoms with Crippen molar-refractivity contribution in [3.63, 3.8) is 0 Å². The van der Waals surface area contributed by atoms with Crippen molar-refractivity contribution < 1.29 is 24.5 Å². The molecule has 2 aromatic rings. The van der Waals surface area contributed by atoms with Gasteiger partial charge in [0.15, 0.2) is 0 Å². The predicted molar refractivity (Wildman–Crippen MR) is 109 cm³/mol. The van der Waals surface area contributed by atoms with Crippen molar-refractivity contribution in [1.82, 2.24) is 4.90 Å². The first-order valence-electron chi connectivity index (χ1n) is 9.20. The van der Waals surface area contributed by atoms with Crippen LogP contribution in [0.5, 0.6) is 0 Å². The fourth-order valence-electron chi connectivity index (χ4n) is 2.63. The fourth-order valence-corrected chi connectivity index (χ4v) is 3.40. The highest BCUT2D eigenvalue weighted by molar-refractivity contribution is 7.17. The monoisotopic (exact) mass is 395 g/mol. The molecular formula is C20H29NO5S. The number of ether oxygens (including phenoxy) is 1. The minimum absolute atomic E-state index is 0.821. The third kappa shape index (κ3) is 9.51. The van der Waals surface area contributed by atoms with Gasteiger partial charge in [-0.25, -0.2) is 9.59 Å². The van der Waals surface area contributed by atoms with Gasteiger partial charge in [0.25, 0.3) is 0 Å². The van der Waals surface area contributed by atoms with Gasteiger partial charge in [-0.3, -0.25) is 0 Å².